The first kappa shape index (κ1) is 20.8. The van der Waals surface area contributed by atoms with Gasteiger partial charge in [-0.3, -0.25) is 0 Å². The average molecular weight is 488 g/mol. The van der Waals surface area contributed by atoms with Crippen molar-refractivity contribution in [3.8, 4) is 0 Å². The number of hydrogen-bond donors (Lipinski definition) is 1. The van der Waals surface area contributed by atoms with Crippen molar-refractivity contribution >= 4 is 43.3 Å². The minimum Gasteiger partial charge on any atom is -0.352 e. The molecular formula is C21H22BrN5O2S. The summed E-state index contributed by atoms with van der Waals surface area (Å²) < 4.78 is 28.0. The molecule has 0 radical (unpaired) electrons. The first-order chi connectivity index (χ1) is 14.4. The van der Waals surface area contributed by atoms with Crippen LogP contribution in [-0.2, 0) is 10.0 Å². The van der Waals surface area contributed by atoms with Gasteiger partial charge in [0.25, 0.3) is 0 Å². The van der Waals surface area contributed by atoms with Gasteiger partial charge in [0.15, 0.2) is 11.6 Å². The summed E-state index contributed by atoms with van der Waals surface area (Å²) in [7, 11) is -3.49. The van der Waals surface area contributed by atoms with E-state index >= 15 is 0 Å². The lowest BCUT2D eigenvalue weighted by Crippen LogP contribution is -2.48. The molecule has 7 nitrogen and oxygen atoms in total. The van der Waals surface area contributed by atoms with Crippen molar-refractivity contribution in [3.63, 3.8) is 0 Å². The number of halogens is 1. The van der Waals surface area contributed by atoms with Gasteiger partial charge in [0, 0.05) is 36.3 Å². The van der Waals surface area contributed by atoms with Crippen LogP contribution in [0.2, 0.25) is 0 Å². The third-order valence-corrected chi connectivity index (χ3v) is 7.43. The van der Waals surface area contributed by atoms with Gasteiger partial charge in [-0.15, -0.1) is 10.2 Å². The van der Waals surface area contributed by atoms with Crippen molar-refractivity contribution in [1.82, 2.24) is 14.5 Å². The normalized spacial score (nSPS) is 15.2. The van der Waals surface area contributed by atoms with E-state index < -0.39 is 10.0 Å². The maximum Gasteiger partial charge on any atom is 0.243 e. The summed E-state index contributed by atoms with van der Waals surface area (Å²) in [5.74, 6) is 1.41. The number of piperazine rings is 1. The Kier molecular flexibility index (Phi) is 6.03. The van der Waals surface area contributed by atoms with Gasteiger partial charge in [-0.1, -0.05) is 33.6 Å². The van der Waals surface area contributed by atoms with E-state index in [4.69, 9.17) is 0 Å². The number of anilines is 3. The number of rotatable bonds is 5. The molecule has 0 bridgehead atoms. The summed E-state index contributed by atoms with van der Waals surface area (Å²) in [6, 6.07) is 18.6. The van der Waals surface area contributed by atoms with Gasteiger partial charge in [0.05, 0.1) is 4.90 Å². The molecule has 1 aromatic heterocycles. The van der Waals surface area contributed by atoms with Crippen LogP contribution in [0.25, 0.3) is 0 Å². The van der Waals surface area contributed by atoms with E-state index in [1.165, 1.54) is 9.87 Å². The second-order valence-electron chi connectivity index (χ2n) is 7.11. The molecule has 9 heteroatoms. The molecule has 1 fully saturated rings. The van der Waals surface area contributed by atoms with Crippen molar-refractivity contribution in [2.75, 3.05) is 36.4 Å². The van der Waals surface area contributed by atoms with Crippen molar-refractivity contribution < 1.29 is 8.42 Å². The zero-order chi connectivity index (χ0) is 21.1. The fraction of sp³-hybridized carbons (Fsp3) is 0.238. The molecule has 0 amide bonds. The van der Waals surface area contributed by atoms with E-state index in [0.717, 1.165) is 16.0 Å². The highest BCUT2D eigenvalue weighted by Crippen LogP contribution is 2.22. The Hall–Kier alpha value is -2.49. The Morgan fingerprint density at radius 1 is 0.867 bits per heavy atom. The quantitative estimate of drug-likeness (QED) is 0.589. The third-order valence-electron chi connectivity index (χ3n) is 4.99. The number of aryl methyl sites for hydroxylation is 1. The summed E-state index contributed by atoms with van der Waals surface area (Å²) in [4.78, 5) is 2.36. The predicted octanol–water partition coefficient (Wildman–Crippen LogP) is 3.80. The molecule has 1 aliphatic heterocycles. The largest absolute Gasteiger partial charge is 0.352 e. The van der Waals surface area contributed by atoms with Crippen LogP contribution in [0.15, 0.2) is 70.0 Å². The lowest BCUT2D eigenvalue weighted by atomic mass is 10.2. The van der Waals surface area contributed by atoms with Gasteiger partial charge in [-0.05, 0) is 55.5 Å². The molecule has 3 aromatic rings. The number of sulfonamides is 1. The second kappa shape index (κ2) is 8.71. The maximum absolute atomic E-state index is 12.8. The topological polar surface area (TPSA) is 78.4 Å². The predicted molar refractivity (Wildman–Crippen MR) is 122 cm³/mol. The Morgan fingerprint density at radius 3 is 2.13 bits per heavy atom. The van der Waals surface area contributed by atoms with Gasteiger partial charge in [0.2, 0.25) is 10.0 Å². The molecule has 1 aliphatic rings. The SMILES string of the molecule is Cc1ccc(Nc2ccc(N3CCN(S(=O)(=O)c4ccc(Br)cc4)CC3)nn2)cc1. The molecule has 0 saturated carbocycles. The van der Waals surface area contributed by atoms with Crippen molar-refractivity contribution in [1.29, 1.82) is 0 Å². The summed E-state index contributed by atoms with van der Waals surface area (Å²) >= 11 is 3.34. The van der Waals surface area contributed by atoms with Crippen LogP contribution in [0.1, 0.15) is 5.56 Å². The minimum atomic E-state index is -3.49. The smallest absolute Gasteiger partial charge is 0.243 e. The van der Waals surface area contributed by atoms with Crippen LogP contribution in [-0.4, -0.2) is 49.1 Å². The van der Waals surface area contributed by atoms with Crippen molar-refractivity contribution in [3.05, 3.63) is 70.7 Å². The van der Waals surface area contributed by atoms with Gasteiger partial charge in [-0.2, -0.15) is 4.31 Å². The van der Waals surface area contributed by atoms with E-state index in [0.29, 0.717) is 36.9 Å². The molecule has 0 aliphatic carbocycles. The van der Waals surface area contributed by atoms with Crippen LogP contribution in [0, 0.1) is 6.92 Å². The number of aromatic nitrogens is 2. The van der Waals surface area contributed by atoms with E-state index in [-0.39, 0.29) is 0 Å². The molecule has 0 spiro atoms. The first-order valence-electron chi connectivity index (χ1n) is 9.60. The fourth-order valence-electron chi connectivity index (χ4n) is 3.26. The standard InChI is InChI=1S/C21H22BrN5O2S/c1-16-2-6-18(7-3-16)23-20-10-11-21(25-24-20)26-12-14-27(15-13-26)30(28,29)19-8-4-17(22)5-9-19/h2-11H,12-15H2,1H3,(H,23,24). The van der Waals surface area contributed by atoms with Gasteiger partial charge in [0.1, 0.15) is 0 Å². The van der Waals surface area contributed by atoms with Crippen LogP contribution >= 0.6 is 15.9 Å². The lowest BCUT2D eigenvalue weighted by Gasteiger charge is -2.34. The average Bonchev–Trinajstić information content (AvgIpc) is 2.76. The molecule has 2 aromatic carbocycles. The van der Waals surface area contributed by atoms with Crippen LogP contribution in [0.3, 0.4) is 0 Å². The Labute approximate surface area is 184 Å². The number of nitrogens with one attached hydrogen (secondary N) is 1. The first-order valence-corrected chi connectivity index (χ1v) is 11.8. The molecule has 0 atom stereocenters. The van der Waals surface area contributed by atoms with E-state index in [2.05, 4.69) is 36.3 Å². The van der Waals surface area contributed by atoms with Gasteiger partial charge in [-0.25, -0.2) is 8.42 Å². The second-order valence-corrected chi connectivity index (χ2v) is 9.97. The molecule has 30 heavy (non-hydrogen) atoms. The Morgan fingerprint density at radius 2 is 1.53 bits per heavy atom. The molecule has 1 N–H and O–H groups in total. The molecule has 0 unspecified atom stereocenters. The van der Waals surface area contributed by atoms with Gasteiger partial charge < -0.3 is 10.2 Å². The van der Waals surface area contributed by atoms with Crippen LogP contribution in [0.5, 0.6) is 0 Å². The highest BCUT2D eigenvalue weighted by Gasteiger charge is 2.29. The summed E-state index contributed by atoms with van der Waals surface area (Å²) in [5.41, 5.74) is 2.15. The molecular weight excluding hydrogens is 466 g/mol. The maximum atomic E-state index is 12.8. The Bertz CT molecular complexity index is 1100. The van der Waals surface area contributed by atoms with E-state index in [9.17, 15) is 8.42 Å². The highest BCUT2D eigenvalue weighted by molar-refractivity contribution is 9.10. The molecule has 1 saturated heterocycles. The fourth-order valence-corrected chi connectivity index (χ4v) is 4.95. The van der Waals surface area contributed by atoms with Crippen molar-refractivity contribution in [2.24, 2.45) is 0 Å². The molecule has 4 rings (SSSR count). The summed E-state index contributed by atoms with van der Waals surface area (Å²) in [6.07, 6.45) is 0. The van der Waals surface area contributed by atoms with Crippen LogP contribution in [0.4, 0.5) is 17.3 Å². The zero-order valence-electron chi connectivity index (χ0n) is 16.5. The van der Waals surface area contributed by atoms with Gasteiger partial charge >= 0.3 is 0 Å². The highest BCUT2D eigenvalue weighted by atomic mass is 79.9. The number of benzene rings is 2. The summed E-state index contributed by atoms with van der Waals surface area (Å²) in [5, 5.41) is 11.8. The number of nitrogens with zero attached hydrogens (tertiary/aromatic N) is 4. The third kappa shape index (κ3) is 4.63. The van der Waals surface area contributed by atoms with E-state index in [1.54, 1.807) is 24.3 Å². The minimum absolute atomic E-state index is 0.311. The van der Waals surface area contributed by atoms with Crippen LogP contribution < -0.4 is 10.2 Å². The molecule has 2 heterocycles. The summed E-state index contributed by atoms with van der Waals surface area (Å²) in [6.45, 7) is 3.99. The molecule has 156 valence electrons. The lowest BCUT2D eigenvalue weighted by molar-refractivity contribution is 0.383. The Balaban J connectivity index is 1.38. The van der Waals surface area contributed by atoms with Crippen molar-refractivity contribution in [2.45, 2.75) is 11.8 Å². The van der Waals surface area contributed by atoms with E-state index in [1.807, 2.05) is 43.3 Å². The number of hydrogen-bond acceptors (Lipinski definition) is 6. The zero-order valence-corrected chi connectivity index (χ0v) is 18.9. The monoisotopic (exact) mass is 487 g/mol.